The molecule has 1 saturated heterocycles. The molecule has 1 aliphatic rings. The van der Waals surface area contributed by atoms with E-state index in [1.54, 1.807) is 0 Å². The van der Waals surface area contributed by atoms with Crippen LogP contribution in [-0.4, -0.2) is 36.5 Å². The molecule has 39 heavy (non-hydrogen) atoms. The molecule has 4 nitrogen and oxygen atoms in total. The van der Waals surface area contributed by atoms with Gasteiger partial charge in [0.2, 0.25) is 0 Å². The van der Waals surface area contributed by atoms with Crippen LogP contribution in [0.4, 0.5) is 4.39 Å². The Balaban J connectivity index is 1.35. The maximum absolute atomic E-state index is 16.5. The topological polar surface area (TPSA) is 36.9 Å². The summed E-state index contributed by atoms with van der Waals surface area (Å²) in [5.41, 5.74) is 2.42. The molecule has 4 aromatic carbocycles. The van der Waals surface area contributed by atoms with Gasteiger partial charge in [-0.05, 0) is 28.8 Å². The Kier molecular flexibility index (Phi) is 10.2. The van der Waals surface area contributed by atoms with E-state index >= 15 is 4.39 Å². The minimum Gasteiger partial charge on any atom is -0.374 e. The van der Waals surface area contributed by atoms with Crippen molar-refractivity contribution in [1.82, 2.24) is 0 Å². The Morgan fingerprint density at radius 3 is 1.59 bits per heavy atom. The molecular weight excluding hydrogens is 511 g/mol. The van der Waals surface area contributed by atoms with Gasteiger partial charge in [0, 0.05) is 4.90 Å². The Morgan fingerprint density at radius 2 is 1.05 bits per heavy atom. The third-order valence-corrected chi connectivity index (χ3v) is 7.69. The van der Waals surface area contributed by atoms with E-state index in [1.165, 1.54) is 11.8 Å². The smallest absolute Gasteiger partial charge is 0.158 e. The largest absolute Gasteiger partial charge is 0.374 e. The molecule has 0 aliphatic carbocycles. The summed E-state index contributed by atoms with van der Waals surface area (Å²) in [6.45, 7) is 1.16. The minimum atomic E-state index is -1.42. The number of ether oxygens (including phenoxy) is 4. The molecule has 0 bridgehead atoms. The molecule has 0 saturated carbocycles. The van der Waals surface area contributed by atoms with Gasteiger partial charge in [-0.25, -0.2) is 4.39 Å². The molecule has 202 valence electrons. The number of thioether (sulfide) groups is 1. The minimum absolute atomic E-state index is 0.200. The van der Waals surface area contributed by atoms with Gasteiger partial charge in [0.15, 0.2) is 6.17 Å². The van der Waals surface area contributed by atoms with Crippen LogP contribution in [0.1, 0.15) is 16.7 Å². The zero-order valence-corrected chi connectivity index (χ0v) is 22.5. The highest BCUT2D eigenvalue weighted by Gasteiger charge is 2.48. The van der Waals surface area contributed by atoms with E-state index in [9.17, 15) is 0 Å². The van der Waals surface area contributed by atoms with E-state index in [0.29, 0.717) is 6.61 Å². The fourth-order valence-corrected chi connectivity index (χ4v) is 5.65. The zero-order valence-electron chi connectivity index (χ0n) is 21.7. The number of hydrogen-bond acceptors (Lipinski definition) is 5. The normalized spacial score (nSPS) is 22.9. The molecular formula is C33H33FO4S. The van der Waals surface area contributed by atoms with E-state index in [-0.39, 0.29) is 19.8 Å². The van der Waals surface area contributed by atoms with Crippen LogP contribution < -0.4 is 0 Å². The van der Waals surface area contributed by atoms with E-state index in [0.717, 1.165) is 21.6 Å². The summed E-state index contributed by atoms with van der Waals surface area (Å²) in [7, 11) is 0. The van der Waals surface area contributed by atoms with Gasteiger partial charge in [-0.3, -0.25) is 0 Å². The lowest BCUT2D eigenvalue weighted by atomic mass is 10.0. The van der Waals surface area contributed by atoms with Gasteiger partial charge in [-0.1, -0.05) is 121 Å². The Hall–Kier alpha value is -3.00. The first-order valence-corrected chi connectivity index (χ1v) is 14.1. The average Bonchev–Trinajstić information content (AvgIpc) is 2.99. The van der Waals surface area contributed by atoms with Gasteiger partial charge in [-0.15, -0.1) is 0 Å². The van der Waals surface area contributed by atoms with Crippen LogP contribution in [0.3, 0.4) is 0 Å². The second kappa shape index (κ2) is 14.4. The van der Waals surface area contributed by atoms with Gasteiger partial charge >= 0.3 is 0 Å². The van der Waals surface area contributed by atoms with Gasteiger partial charge in [-0.2, -0.15) is 0 Å². The summed E-state index contributed by atoms with van der Waals surface area (Å²) in [4.78, 5) is 0.982. The van der Waals surface area contributed by atoms with E-state index < -0.39 is 29.9 Å². The van der Waals surface area contributed by atoms with Crippen LogP contribution in [0.15, 0.2) is 126 Å². The summed E-state index contributed by atoms with van der Waals surface area (Å²) in [6, 6.07) is 39.4. The maximum atomic E-state index is 16.5. The fourth-order valence-electron chi connectivity index (χ4n) is 4.50. The van der Waals surface area contributed by atoms with Crippen molar-refractivity contribution in [2.24, 2.45) is 0 Å². The lowest BCUT2D eigenvalue weighted by molar-refractivity contribution is -0.224. The van der Waals surface area contributed by atoms with Crippen molar-refractivity contribution in [2.45, 2.75) is 54.6 Å². The van der Waals surface area contributed by atoms with Gasteiger partial charge in [0.05, 0.1) is 26.4 Å². The molecule has 0 radical (unpaired) electrons. The second-order valence-electron chi connectivity index (χ2n) is 9.44. The maximum Gasteiger partial charge on any atom is 0.158 e. The van der Waals surface area contributed by atoms with Crippen molar-refractivity contribution in [3.05, 3.63) is 138 Å². The van der Waals surface area contributed by atoms with Crippen LogP contribution in [0.25, 0.3) is 0 Å². The molecule has 1 fully saturated rings. The first-order chi connectivity index (χ1) is 19.3. The van der Waals surface area contributed by atoms with E-state index in [1.807, 2.05) is 121 Å². The van der Waals surface area contributed by atoms with Crippen molar-refractivity contribution < 1.29 is 23.3 Å². The van der Waals surface area contributed by atoms with Crippen LogP contribution in [0.2, 0.25) is 0 Å². The monoisotopic (exact) mass is 544 g/mol. The molecule has 5 rings (SSSR count). The Morgan fingerprint density at radius 1 is 0.590 bits per heavy atom. The van der Waals surface area contributed by atoms with Crippen LogP contribution >= 0.6 is 11.8 Å². The third-order valence-electron chi connectivity index (χ3n) is 6.53. The second-order valence-corrected chi connectivity index (χ2v) is 10.6. The summed E-state index contributed by atoms with van der Waals surface area (Å²) in [5, 5.41) is 0. The number of alkyl halides is 1. The molecule has 3 unspecified atom stereocenters. The van der Waals surface area contributed by atoms with Crippen LogP contribution in [-0.2, 0) is 38.8 Å². The number of benzene rings is 4. The van der Waals surface area contributed by atoms with Crippen LogP contribution in [0.5, 0.6) is 0 Å². The zero-order chi connectivity index (χ0) is 26.7. The molecule has 6 heteroatoms. The molecule has 0 amide bonds. The quantitative estimate of drug-likeness (QED) is 0.188. The van der Waals surface area contributed by atoms with Gasteiger partial charge in [0.1, 0.15) is 23.7 Å². The molecule has 0 aromatic heterocycles. The number of hydrogen-bond donors (Lipinski definition) is 0. The lowest BCUT2D eigenvalue weighted by Gasteiger charge is -2.43. The highest BCUT2D eigenvalue weighted by atomic mass is 32.2. The molecule has 1 aliphatic heterocycles. The Bertz CT molecular complexity index is 1230. The highest BCUT2D eigenvalue weighted by molar-refractivity contribution is 7.99. The molecule has 0 spiro atoms. The predicted molar refractivity (Wildman–Crippen MR) is 152 cm³/mol. The van der Waals surface area contributed by atoms with Crippen molar-refractivity contribution in [1.29, 1.82) is 0 Å². The van der Waals surface area contributed by atoms with Crippen molar-refractivity contribution in [3.8, 4) is 0 Å². The van der Waals surface area contributed by atoms with E-state index in [4.69, 9.17) is 18.9 Å². The molecule has 1 heterocycles. The molecule has 5 atom stereocenters. The first kappa shape index (κ1) is 27.6. The number of rotatable bonds is 12. The highest BCUT2D eigenvalue weighted by Crippen LogP contribution is 2.38. The van der Waals surface area contributed by atoms with Gasteiger partial charge < -0.3 is 18.9 Å². The average molecular weight is 545 g/mol. The first-order valence-electron chi connectivity index (χ1n) is 13.2. The lowest BCUT2D eigenvalue weighted by Crippen LogP contribution is -2.57. The van der Waals surface area contributed by atoms with Gasteiger partial charge in [0.25, 0.3) is 0 Å². The summed E-state index contributed by atoms with van der Waals surface area (Å²) in [5.74, 6) is 0. The summed E-state index contributed by atoms with van der Waals surface area (Å²) < 4.78 is 41.5. The third kappa shape index (κ3) is 8.01. The molecule has 4 aromatic rings. The van der Waals surface area contributed by atoms with Crippen molar-refractivity contribution in [3.63, 3.8) is 0 Å². The van der Waals surface area contributed by atoms with Crippen LogP contribution in [0, 0.1) is 0 Å². The van der Waals surface area contributed by atoms with Crippen molar-refractivity contribution in [2.75, 3.05) is 6.61 Å². The number of halogens is 1. The van der Waals surface area contributed by atoms with Crippen molar-refractivity contribution >= 4 is 11.8 Å². The SMILES string of the molecule is FC1C(OCc2ccccc2)[C@H](Sc2ccccc2)OC(COCc2ccccc2)[C@@H]1OCc1ccccc1. The van der Waals surface area contributed by atoms with E-state index in [2.05, 4.69) is 0 Å². The summed E-state index contributed by atoms with van der Waals surface area (Å²) >= 11 is 1.46. The predicted octanol–water partition coefficient (Wildman–Crippen LogP) is 7.23. The molecule has 0 N–H and O–H groups in total. The fraction of sp³-hybridized carbons (Fsp3) is 0.273. The summed E-state index contributed by atoms with van der Waals surface area (Å²) in [6.07, 6.45) is -3.71. The standard InChI is InChI=1S/C33H33FO4S/c34-30-31(36-22-26-15-7-2-8-16-26)29(24-35-21-25-13-5-1-6-14-25)38-33(39-28-19-11-4-12-20-28)32(30)37-23-27-17-9-3-10-18-27/h1-20,29-33H,21-24H2/t29?,30?,31-,32?,33-/m0/s1. The Labute approximate surface area is 234 Å².